The fraction of sp³-hybridized carbons (Fsp3) is 0.312. The number of fused-ring (bicyclic) bond motifs is 1. The van der Waals surface area contributed by atoms with E-state index >= 15 is 0 Å². The van der Waals surface area contributed by atoms with Crippen LogP contribution in [0.25, 0.3) is 0 Å². The highest BCUT2D eigenvalue weighted by molar-refractivity contribution is 7.10. The summed E-state index contributed by atoms with van der Waals surface area (Å²) in [5.74, 6) is 0.473. The van der Waals surface area contributed by atoms with Gasteiger partial charge in [-0.15, -0.1) is 22.9 Å². The first-order valence-corrected chi connectivity index (χ1v) is 8.22. The van der Waals surface area contributed by atoms with Crippen LogP contribution in [0.5, 0.6) is 0 Å². The van der Waals surface area contributed by atoms with Crippen molar-refractivity contribution >= 4 is 34.5 Å². The Labute approximate surface area is 127 Å². The number of alkyl halides is 1. The maximum absolute atomic E-state index is 12.5. The van der Waals surface area contributed by atoms with E-state index in [0.29, 0.717) is 5.88 Å². The molecule has 2 aromatic rings. The van der Waals surface area contributed by atoms with Crippen molar-refractivity contribution in [3.8, 4) is 0 Å². The van der Waals surface area contributed by atoms with Gasteiger partial charge < -0.3 is 5.32 Å². The zero-order valence-corrected chi connectivity index (χ0v) is 12.6. The molecular weight excluding hydrogens is 290 g/mol. The van der Waals surface area contributed by atoms with Gasteiger partial charge in [-0.1, -0.05) is 18.2 Å². The highest BCUT2D eigenvalue weighted by Gasteiger charge is 2.27. The summed E-state index contributed by atoms with van der Waals surface area (Å²) in [4.78, 5) is 13.9. The minimum atomic E-state index is -0.0200. The Kier molecular flexibility index (Phi) is 4.08. The molecule has 0 spiro atoms. The van der Waals surface area contributed by atoms with Gasteiger partial charge in [0.1, 0.15) is 0 Å². The lowest BCUT2D eigenvalue weighted by molar-refractivity contribution is -0.117. The molecule has 104 valence electrons. The number of thiophene rings is 1. The van der Waals surface area contributed by atoms with Crippen LogP contribution in [0.4, 0.5) is 5.69 Å². The molecule has 1 N–H and O–H groups in total. The van der Waals surface area contributed by atoms with Crippen LogP contribution < -0.4 is 5.32 Å². The van der Waals surface area contributed by atoms with Crippen LogP contribution in [0.2, 0.25) is 0 Å². The van der Waals surface area contributed by atoms with Gasteiger partial charge in [-0.3, -0.25) is 4.79 Å². The standard InChI is InChI=1S/C16H16ClNOS/c17-10-11-4-1-2-6-14(11)18-16(19)13-5-3-7-15-12(13)8-9-20-15/h1-2,4,6,8-9,13H,3,5,7,10H2,(H,18,19). The number of carbonyl (C=O) groups is 1. The van der Waals surface area contributed by atoms with Gasteiger partial charge in [-0.25, -0.2) is 0 Å². The van der Waals surface area contributed by atoms with Gasteiger partial charge >= 0.3 is 0 Å². The lowest BCUT2D eigenvalue weighted by Gasteiger charge is -2.22. The Hall–Kier alpha value is -1.32. The fourth-order valence-electron chi connectivity index (χ4n) is 2.74. The summed E-state index contributed by atoms with van der Waals surface area (Å²) < 4.78 is 0. The van der Waals surface area contributed by atoms with Crippen LogP contribution in [0.3, 0.4) is 0 Å². The monoisotopic (exact) mass is 305 g/mol. The number of rotatable bonds is 3. The SMILES string of the molecule is O=C(Nc1ccccc1CCl)C1CCCc2sccc21. The number of hydrogen-bond donors (Lipinski definition) is 1. The molecule has 1 heterocycles. The Morgan fingerprint density at radius 3 is 3.05 bits per heavy atom. The van der Waals surface area contributed by atoms with Crippen molar-refractivity contribution in [3.63, 3.8) is 0 Å². The zero-order chi connectivity index (χ0) is 13.9. The van der Waals surface area contributed by atoms with Crippen LogP contribution in [0, 0.1) is 0 Å². The van der Waals surface area contributed by atoms with E-state index in [2.05, 4.69) is 16.8 Å². The first-order valence-electron chi connectivity index (χ1n) is 6.80. The van der Waals surface area contributed by atoms with Gasteiger partial charge in [-0.05, 0) is 47.9 Å². The first-order chi connectivity index (χ1) is 9.79. The minimum Gasteiger partial charge on any atom is -0.325 e. The van der Waals surface area contributed by atoms with Crippen LogP contribution in [0.15, 0.2) is 35.7 Å². The number of benzene rings is 1. The van der Waals surface area contributed by atoms with Crippen molar-refractivity contribution in [2.24, 2.45) is 0 Å². The van der Waals surface area contributed by atoms with E-state index in [1.807, 2.05) is 24.3 Å². The lowest BCUT2D eigenvalue weighted by atomic mass is 9.87. The molecule has 1 unspecified atom stereocenters. The van der Waals surface area contributed by atoms with Crippen LogP contribution in [0.1, 0.15) is 34.8 Å². The molecule has 1 aromatic carbocycles. The number of carbonyl (C=O) groups excluding carboxylic acids is 1. The highest BCUT2D eigenvalue weighted by Crippen LogP contribution is 2.35. The third-order valence-corrected chi connectivity index (χ3v) is 5.07. The van der Waals surface area contributed by atoms with E-state index in [0.717, 1.165) is 30.5 Å². The van der Waals surface area contributed by atoms with E-state index in [1.54, 1.807) is 11.3 Å². The molecule has 1 aliphatic carbocycles. The fourth-order valence-corrected chi connectivity index (χ4v) is 3.96. The normalized spacial score (nSPS) is 17.6. The van der Waals surface area contributed by atoms with Gasteiger partial charge in [0, 0.05) is 16.4 Å². The maximum atomic E-state index is 12.5. The molecule has 0 aliphatic heterocycles. The third kappa shape index (κ3) is 2.60. The number of para-hydroxylation sites is 1. The van der Waals surface area contributed by atoms with Crippen LogP contribution in [-0.2, 0) is 17.1 Å². The Morgan fingerprint density at radius 2 is 2.20 bits per heavy atom. The number of amides is 1. The van der Waals surface area contributed by atoms with Crippen molar-refractivity contribution in [1.29, 1.82) is 0 Å². The highest BCUT2D eigenvalue weighted by atomic mass is 35.5. The average molecular weight is 306 g/mol. The summed E-state index contributed by atoms with van der Waals surface area (Å²) in [5, 5.41) is 5.13. The van der Waals surface area contributed by atoms with Crippen molar-refractivity contribution in [1.82, 2.24) is 0 Å². The van der Waals surface area contributed by atoms with Crippen molar-refractivity contribution in [2.75, 3.05) is 5.32 Å². The molecule has 1 amide bonds. The molecule has 1 aromatic heterocycles. The summed E-state index contributed by atoms with van der Waals surface area (Å²) in [6, 6.07) is 9.80. The van der Waals surface area contributed by atoms with E-state index in [-0.39, 0.29) is 11.8 Å². The molecule has 0 radical (unpaired) electrons. The second-order valence-electron chi connectivity index (χ2n) is 5.02. The average Bonchev–Trinajstić information content (AvgIpc) is 2.96. The summed E-state index contributed by atoms with van der Waals surface area (Å²) in [6.45, 7) is 0. The Bertz CT molecular complexity index is 622. The number of anilines is 1. The summed E-state index contributed by atoms with van der Waals surface area (Å²) >= 11 is 7.67. The quantitative estimate of drug-likeness (QED) is 0.828. The molecule has 20 heavy (non-hydrogen) atoms. The molecular formula is C16H16ClNOS. The summed E-state index contributed by atoms with van der Waals surface area (Å²) in [5.41, 5.74) is 3.00. The van der Waals surface area contributed by atoms with Crippen molar-refractivity contribution < 1.29 is 4.79 Å². The lowest BCUT2D eigenvalue weighted by Crippen LogP contribution is -2.24. The van der Waals surface area contributed by atoms with E-state index in [1.165, 1.54) is 10.4 Å². The minimum absolute atomic E-state index is 0.0200. The van der Waals surface area contributed by atoms with Crippen molar-refractivity contribution in [2.45, 2.75) is 31.1 Å². The molecule has 0 saturated heterocycles. The second-order valence-corrected chi connectivity index (χ2v) is 6.29. The molecule has 0 bridgehead atoms. The van der Waals surface area contributed by atoms with Crippen LogP contribution >= 0.6 is 22.9 Å². The van der Waals surface area contributed by atoms with Crippen LogP contribution in [-0.4, -0.2) is 5.91 Å². The van der Waals surface area contributed by atoms with Gasteiger partial charge in [0.05, 0.1) is 5.92 Å². The topological polar surface area (TPSA) is 29.1 Å². The Balaban J connectivity index is 1.81. The number of hydrogen-bond acceptors (Lipinski definition) is 2. The zero-order valence-electron chi connectivity index (χ0n) is 11.1. The first kappa shape index (κ1) is 13.7. The predicted octanol–water partition coefficient (Wildman–Crippen LogP) is 4.55. The van der Waals surface area contributed by atoms with Gasteiger partial charge in [-0.2, -0.15) is 0 Å². The van der Waals surface area contributed by atoms with Gasteiger partial charge in [0.15, 0.2) is 0 Å². The third-order valence-electron chi connectivity index (χ3n) is 3.79. The number of halogens is 1. The van der Waals surface area contributed by atoms with E-state index in [4.69, 9.17) is 11.6 Å². The van der Waals surface area contributed by atoms with E-state index < -0.39 is 0 Å². The molecule has 3 rings (SSSR count). The second kappa shape index (κ2) is 5.98. The summed E-state index contributed by atoms with van der Waals surface area (Å²) in [7, 11) is 0. The maximum Gasteiger partial charge on any atom is 0.231 e. The molecule has 2 nitrogen and oxygen atoms in total. The number of aryl methyl sites for hydroxylation is 1. The predicted molar refractivity (Wildman–Crippen MR) is 84.6 cm³/mol. The summed E-state index contributed by atoms with van der Waals surface area (Å²) in [6.07, 6.45) is 3.12. The van der Waals surface area contributed by atoms with E-state index in [9.17, 15) is 4.79 Å². The molecule has 0 fully saturated rings. The smallest absolute Gasteiger partial charge is 0.231 e. The Morgan fingerprint density at radius 1 is 1.35 bits per heavy atom. The molecule has 0 saturated carbocycles. The largest absolute Gasteiger partial charge is 0.325 e. The van der Waals surface area contributed by atoms with Gasteiger partial charge in [0.2, 0.25) is 5.91 Å². The molecule has 1 atom stereocenters. The number of nitrogens with one attached hydrogen (secondary N) is 1. The van der Waals surface area contributed by atoms with Crippen molar-refractivity contribution in [3.05, 3.63) is 51.7 Å². The molecule has 4 heteroatoms. The van der Waals surface area contributed by atoms with Gasteiger partial charge in [0.25, 0.3) is 0 Å². The molecule has 1 aliphatic rings.